The van der Waals surface area contributed by atoms with Gasteiger partial charge in [-0.15, -0.1) is 0 Å². The monoisotopic (exact) mass is 496 g/mol. The minimum Gasteiger partial charge on any atom is -0.369 e. The number of aromatic nitrogens is 3. The van der Waals surface area contributed by atoms with Crippen LogP contribution >= 0.6 is 0 Å². The third kappa shape index (κ3) is 5.23. The van der Waals surface area contributed by atoms with Gasteiger partial charge in [0.15, 0.2) is 0 Å². The summed E-state index contributed by atoms with van der Waals surface area (Å²) < 4.78 is 2.04. The Balaban J connectivity index is 1.13. The number of hydrogen-bond donors (Lipinski definition) is 1. The fourth-order valence-electron chi connectivity index (χ4n) is 5.32. The second-order valence-corrected chi connectivity index (χ2v) is 9.97. The van der Waals surface area contributed by atoms with E-state index in [4.69, 9.17) is 0 Å². The van der Waals surface area contributed by atoms with Gasteiger partial charge in [0, 0.05) is 55.7 Å². The number of nitrogens with zero attached hydrogens (tertiary/aromatic N) is 5. The molecule has 3 heterocycles. The predicted molar refractivity (Wildman–Crippen MR) is 150 cm³/mol. The Morgan fingerprint density at radius 1 is 0.973 bits per heavy atom. The van der Waals surface area contributed by atoms with Crippen LogP contribution in [-0.2, 0) is 0 Å². The van der Waals surface area contributed by atoms with Gasteiger partial charge in [-0.2, -0.15) is 0 Å². The minimum atomic E-state index is -0.110. The lowest BCUT2D eigenvalue weighted by Crippen LogP contribution is -2.47. The third-order valence-corrected chi connectivity index (χ3v) is 7.56. The summed E-state index contributed by atoms with van der Waals surface area (Å²) in [4.78, 5) is 27.0. The van der Waals surface area contributed by atoms with Gasteiger partial charge >= 0.3 is 0 Å². The molecule has 1 amide bonds. The van der Waals surface area contributed by atoms with Gasteiger partial charge in [-0.25, -0.2) is 4.98 Å². The van der Waals surface area contributed by atoms with Crippen molar-refractivity contribution in [1.82, 2.24) is 24.8 Å². The van der Waals surface area contributed by atoms with Gasteiger partial charge in [-0.05, 0) is 82.1 Å². The lowest BCUT2D eigenvalue weighted by molar-refractivity contribution is 0.0946. The summed E-state index contributed by atoms with van der Waals surface area (Å²) in [5.74, 6) is 0.689. The Hall–Kier alpha value is -3.71. The fourth-order valence-corrected chi connectivity index (χ4v) is 5.32. The smallest absolute Gasteiger partial charge is 0.271 e. The van der Waals surface area contributed by atoms with Crippen LogP contribution in [0.3, 0.4) is 0 Å². The van der Waals surface area contributed by atoms with Crippen LogP contribution in [0.25, 0.3) is 16.6 Å². The van der Waals surface area contributed by atoms with Gasteiger partial charge in [-0.3, -0.25) is 14.7 Å². The number of carbonyl (C=O) groups excluding carboxylic acids is 1. The topological polar surface area (TPSA) is 66.3 Å². The molecule has 4 aromatic rings. The van der Waals surface area contributed by atoms with E-state index in [1.807, 2.05) is 42.7 Å². The molecule has 1 N–H and O–H groups in total. The highest BCUT2D eigenvalue weighted by Crippen LogP contribution is 2.24. The van der Waals surface area contributed by atoms with Crippen molar-refractivity contribution in [3.05, 3.63) is 83.1 Å². The number of amides is 1. The molecular formula is C30H36N6O. The molecule has 0 atom stereocenters. The summed E-state index contributed by atoms with van der Waals surface area (Å²) in [5, 5.41) is 4.15. The zero-order valence-electron chi connectivity index (χ0n) is 22.3. The molecule has 7 heteroatoms. The molecule has 1 aliphatic heterocycles. The van der Waals surface area contributed by atoms with Crippen molar-refractivity contribution in [2.45, 2.75) is 34.1 Å². The Morgan fingerprint density at radius 2 is 1.78 bits per heavy atom. The Labute approximate surface area is 219 Å². The number of benzene rings is 2. The molecular weight excluding hydrogens is 460 g/mol. The van der Waals surface area contributed by atoms with E-state index in [9.17, 15) is 4.79 Å². The number of anilines is 1. The number of carbonyl (C=O) groups is 1. The SMILES string of the molecule is Cc1cccc(N2CCN(CCCNC(=O)c3nc(C)n(-c4ccc5ncccc5c4)c3C)CC2)c1C. The second-order valence-electron chi connectivity index (χ2n) is 9.97. The first kappa shape index (κ1) is 25.0. The number of nitrogens with one attached hydrogen (secondary N) is 1. The molecule has 0 saturated carbocycles. The molecule has 1 aliphatic rings. The molecule has 2 aromatic heterocycles. The highest BCUT2D eigenvalue weighted by Gasteiger charge is 2.20. The molecule has 37 heavy (non-hydrogen) atoms. The number of piperazine rings is 1. The average Bonchev–Trinajstić information content (AvgIpc) is 3.22. The van der Waals surface area contributed by atoms with Gasteiger partial charge in [0.2, 0.25) is 0 Å². The minimum absolute atomic E-state index is 0.110. The van der Waals surface area contributed by atoms with Crippen molar-refractivity contribution in [2.24, 2.45) is 0 Å². The largest absolute Gasteiger partial charge is 0.369 e. The summed E-state index contributed by atoms with van der Waals surface area (Å²) >= 11 is 0. The molecule has 0 spiro atoms. The molecule has 2 aromatic carbocycles. The van der Waals surface area contributed by atoms with Crippen molar-refractivity contribution in [1.29, 1.82) is 0 Å². The van der Waals surface area contributed by atoms with E-state index in [-0.39, 0.29) is 5.91 Å². The van der Waals surface area contributed by atoms with E-state index in [1.54, 1.807) is 6.20 Å². The van der Waals surface area contributed by atoms with Crippen LogP contribution in [0.1, 0.15) is 39.6 Å². The van der Waals surface area contributed by atoms with Crippen LogP contribution < -0.4 is 10.2 Å². The number of fused-ring (bicyclic) bond motifs is 1. The van der Waals surface area contributed by atoms with Crippen LogP contribution in [0, 0.1) is 27.7 Å². The first-order valence-electron chi connectivity index (χ1n) is 13.1. The van der Waals surface area contributed by atoms with Crippen molar-refractivity contribution in [2.75, 3.05) is 44.2 Å². The van der Waals surface area contributed by atoms with Crippen LogP contribution in [0.15, 0.2) is 54.7 Å². The third-order valence-electron chi connectivity index (χ3n) is 7.56. The zero-order chi connectivity index (χ0) is 25.9. The summed E-state index contributed by atoms with van der Waals surface area (Å²) in [6, 6.07) is 16.7. The number of hydrogen-bond acceptors (Lipinski definition) is 5. The van der Waals surface area contributed by atoms with E-state index >= 15 is 0 Å². The quantitative estimate of drug-likeness (QED) is 0.379. The number of pyridine rings is 1. The van der Waals surface area contributed by atoms with Gasteiger partial charge in [0.05, 0.1) is 11.2 Å². The molecule has 5 rings (SSSR count). The molecule has 0 aliphatic carbocycles. The van der Waals surface area contributed by atoms with E-state index in [0.717, 1.165) is 67.3 Å². The zero-order valence-corrected chi connectivity index (χ0v) is 22.3. The lowest BCUT2D eigenvalue weighted by atomic mass is 10.1. The first-order valence-corrected chi connectivity index (χ1v) is 13.1. The van der Waals surface area contributed by atoms with Crippen LogP contribution in [0.5, 0.6) is 0 Å². The standard InChI is InChI=1S/C30H36N6O/c1-21-8-5-10-28(22(21)2)35-18-16-34(17-19-35)15-7-14-32-30(37)29-23(3)36(24(4)33-29)26-11-12-27-25(20-26)9-6-13-31-27/h5-6,8-13,20H,7,14-19H2,1-4H3,(H,32,37). The average molecular weight is 497 g/mol. The molecule has 0 unspecified atom stereocenters. The normalized spacial score (nSPS) is 14.3. The summed E-state index contributed by atoms with van der Waals surface area (Å²) in [6.07, 6.45) is 2.72. The van der Waals surface area contributed by atoms with Crippen LogP contribution in [-0.4, -0.2) is 64.6 Å². The van der Waals surface area contributed by atoms with Gasteiger partial charge in [0.1, 0.15) is 11.5 Å². The fraction of sp³-hybridized carbons (Fsp3) is 0.367. The van der Waals surface area contributed by atoms with Gasteiger partial charge in [0.25, 0.3) is 5.91 Å². The Bertz CT molecular complexity index is 1420. The highest BCUT2D eigenvalue weighted by molar-refractivity contribution is 5.93. The Kier molecular flexibility index (Phi) is 7.24. The van der Waals surface area contributed by atoms with E-state index in [0.29, 0.717) is 12.2 Å². The molecule has 1 fully saturated rings. The second kappa shape index (κ2) is 10.7. The summed E-state index contributed by atoms with van der Waals surface area (Å²) in [7, 11) is 0. The Morgan fingerprint density at radius 3 is 2.59 bits per heavy atom. The lowest BCUT2D eigenvalue weighted by Gasteiger charge is -2.37. The molecule has 1 saturated heterocycles. The maximum absolute atomic E-state index is 13.0. The predicted octanol–water partition coefficient (Wildman–Crippen LogP) is 4.60. The highest BCUT2D eigenvalue weighted by atomic mass is 16.1. The van der Waals surface area contributed by atoms with Gasteiger partial charge in [-0.1, -0.05) is 18.2 Å². The molecule has 7 nitrogen and oxygen atoms in total. The van der Waals surface area contributed by atoms with Crippen LogP contribution in [0.2, 0.25) is 0 Å². The number of imidazole rings is 1. The summed E-state index contributed by atoms with van der Waals surface area (Å²) in [5.41, 5.74) is 7.36. The van der Waals surface area contributed by atoms with Crippen LogP contribution in [0.4, 0.5) is 5.69 Å². The maximum atomic E-state index is 13.0. The van der Waals surface area contributed by atoms with E-state index in [2.05, 4.69) is 63.2 Å². The number of rotatable bonds is 7. The maximum Gasteiger partial charge on any atom is 0.271 e. The van der Waals surface area contributed by atoms with E-state index < -0.39 is 0 Å². The van der Waals surface area contributed by atoms with Crippen molar-refractivity contribution < 1.29 is 4.79 Å². The number of aryl methyl sites for hydroxylation is 2. The molecule has 192 valence electrons. The van der Waals surface area contributed by atoms with E-state index in [1.165, 1.54) is 16.8 Å². The summed E-state index contributed by atoms with van der Waals surface area (Å²) in [6.45, 7) is 14.1. The van der Waals surface area contributed by atoms with Crippen molar-refractivity contribution in [3.8, 4) is 5.69 Å². The molecule has 0 radical (unpaired) electrons. The first-order chi connectivity index (χ1) is 17.9. The molecule has 0 bridgehead atoms. The van der Waals surface area contributed by atoms with Gasteiger partial charge < -0.3 is 14.8 Å². The van der Waals surface area contributed by atoms with Crippen molar-refractivity contribution in [3.63, 3.8) is 0 Å². The van der Waals surface area contributed by atoms with Crippen molar-refractivity contribution >= 4 is 22.5 Å².